The molecule has 0 amide bonds. The van der Waals surface area contributed by atoms with Crippen molar-refractivity contribution in [1.82, 2.24) is 0 Å². The summed E-state index contributed by atoms with van der Waals surface area (Å²) in [5.41, 5.74) is -4.28. The predicted molar refractivity (Wildman–Crippen MR) is 56.1 cm³/mol. The molecular formula is C12H6F12. The minimum Gasteiger partial charge on any atom is -0.170 e. The maximum atomic E-state index is 12.7. The third-order valence-electron chi connectivity index (χ3n) is 2.93. The highest BCUT2D eigenvalue weighted by molar-refractivity contribution is 5.37. The van der Waals surface area contributed by atoms with Crippen LogP contribution in [-0.4, -0.2) is 24.7 Å². The first-order valence-corrected chi connectivity index (χ1v) is 5.83. The van der Waals surface area contributed by atoms with Crippen LogP contribution < -0.4 is 0 Å². The van der Waals surface area contributed by atoms with Crippen molar-refractivity contribution in [3.63, 3.8) is 0 Å². The van der Waals surface area contributed by atoms with Crippen molar-refractivity contribution in [2.75, 3.05) is 0 Å². The summed E-state index contributed by atoms with van der Waals surface area (Å²) in [6.45, 7) is 0. The van der Waals surface area contributed by atoms with E-state index in [1.165, 1.54) is 0 Å². The van der Waals surface area contributed by atoms with Crippen LogP contribution in [0.2, 0.25) is 0 Å². The molecule has 0 bridgehead atoms. The first-order chi connectivity index (χ1) is 10.5. The fourth-order valence-electron chi connectivity index (χ4n) is 2.11. The van der Waals surface area contributed by atoms with Crippen molar-refractivity contribution in [3.8, 4) is 0 Å². The number of hydrogen-bond acceptors (Lipinski definition) is 0. The monoisotopic (exact) mass is 378 g/mol. The zero-order chi connectivity index (χ0) is 19.1. The summed E-state index contributed by atoms with van der Waals surface area (Å²) < 4.78 is 152. The molecule has 0 nitrogen and oxygen atoms in total. The Morgan fingerprint density at radius 1 is 0.458 bits per heavy atom. The van der Waals surface area contributed by atoms with Crippen molar-refractivity contribution in [1.29, 1.82) is 0 Å². The highest BCUT2D eigenvalue weighted by atomic mass is 19.4. The Balaban J connectivity index is 3.71. The van der Waals surface area contributed by atoms with E-state index < -0.39 is 47.7 Å². The molecular weight excluding hydrogens is 372 g/mol. The van der Waals surface area contributed by atoms with Crippen LogP contribution >= 0.6 is 0 Å². The van der Waals surface area contributed by atoms with Crippen LogP contribution in [-0.2, 0) is 0 Å². The lowest BCUT2D eigenvalue weighted by atomic mass is 9.85. The molecule has 12 heteroatoms. The summed E-state index contributed by atoms with van der Waals surface area (Å²) in [5, 5.41) is 0. The van der Waals surface area contributed by atoms with E-state index in [1.54, 1.807) is 0 Å². The largest absolute Gasteiger partial charge is 0.404 e. The van der Waals surface area contributed by atoms with Gasteiger partial charge in [-0.15, -0.1) is 0 Å². The molecule has 0 aliphatic carbocycles. The van der Waals surface area contributed by atoms with Gasteiger partial charge in [0.1, 0.15) is 0 Å². The van der Waals surface area contributed by atoms with E-state index >= 15 is 0 Å². The lowest BCUT2D eigenvalue weighted by molar-refractivity contribution is -0.262. The van der Waals surface area contributed by atoms with Crippen molar-refractivity contribution in [2.45, 2.75) is 36.5 Å². The van der Waals surface area contributed by atoms with Gasteiger partial charge < -0.3 is 0 Å². The molecule has 0 heterocycles. The summed E-state index contributed by atoms with van der Waals surface area (Å²) >= 11 is 0. The number of halogens is 12. The van der Waals surface area contributed by atoms with Crippen LogP contribution in [0.25, 0.3) is 0 Å². The SMILES string of the molecule is FC(F)(F)C(c1ccccc1C(C(F)(F)F)C(F)(F)F)C(F)(F)F. The third kappa shape index (κ3) is 4.47. The van der Waals surface area contributed by atoms with Crippen LogP contribution in [0.1, 0.15) is 23.0 Å². The van der Waals surface area contributed by atoms with Crippen LogP contribution in [0.3, 0.4) is 0 Å². The number of hydrogen-bond donors (Lipinski definition) is 0. The molecule has 0 N–H and O–H groups in total. The average Bonchev–Trinajstić information content (AvgIpc) is 2.23. The van der Waals surface area contributed by atoms with Crippen LogP contribution in [0.4, 0.5) is 52.7 Å². The Morgan fingerprint density at radius 3 is 0.833 bits per heavy atom. The highest BCUT2D eigenvalue weighted by Gasteiger charge is 2.62. The maximum absolute atomic E-state index is 12.7. The molecule has 138 valence electrons. The zero-order valence-corrected chi connectivity index (χ0v) is 11.0. The Hall–Kier alpha value is -1.62. The first kappa shape index (κ1) is 20.4. The average molecular weight is 378 g/mol. The number of benzene rings is 1. The second-order valence-corrected chi connectivity index (χ2v) is 4.66. The van der Waals surface area contributed by atoms with E-state index in [2.05, 4.69) is 0 Å². The normalized spacial score (nSPS) is 14.6. The molecule has 0 saturated carbocycles. The van der Waals surface area contributed by atoms with E-state index in [4.69, 9.17) is 0 Å². The topological polar surface area (TPSA) is 0 Å². The van der Waals surface area contributed by atoms with Crippen molar-refractivity contribution in [2.24, 2.45) is 0 Å². The van der Waals surface area contributed by atoms with Gasteiger partial charge in [0.15, 0.2) is 11.8 Å². The minimum absolute atomic E-state index is 0.0501. The van der Waals surface area contributed by atoms with Crippen molar-refractivity contribution < 1.29 is 52.7 Å². The van der Waals surface area contributed by atoms with Gasteiger partial charge in [-0.3, -0.25) is 0 Å². The lowest BCUT2D eigenvalue weighted by Crippen LogP contribution is -2.39. The number of alkyl halides is 12. The summed E-state index contributed by atoms with van der Waals surface area (Å²) in [7, 11) is 0. The highest BCUT2D eigenvalue weighted by Crippen LogP contribution is 2.53. The summed E-state index contributed by atoms with van der Waals surface area (Å²) in [6, 6.07) is 0.886. The van der Waals surface area contributed by atoms with Gasteiger partial charge in [-0.1, -0.05) is 24.3 Å². The van der Waals surface area contributed by atoms with Gasteiger partial charge in [0, 0.05) is 0 Å². The molecule has 1 rings (SSSR count). The second kappa shape index (κ2) is 6.03. The van der Waals surface area contributed by atoms with Gasteiger partial charge in [-0.05, 0) is 11.1 Å². The molecule has 24 heavy (non-hydrogen) atoms. The van der Waals surface area contributed by atoms with Gasteiger partial charge in [-0.25, -0.2) is 0 Å². The fraction of sp³-hybridized carbons (Fsp3) is 0.500. The van der Waals surface area contributed by atoms with Crippen LogP contribution in [0, 0.1) is 0 Å². The number of rotatable bonds is 2. The minimum atomic E-state index is -6.13. The van der Waals surface area contributed by atoms with Crippen molar-refractivity contribution >= 4 is 0 Å². The maximum Gasteiger partial charge on any atom is 0.404 e. The second-order valence-electron chi connectivity index (χ2n) is 4.66. The van der Waals surface area contributed by atoms with Crippen molar-refractivity contribution in [3.05, 3.63) is 35.4 Å². The van der Waals surface area contributed by atoms with Gasteiger partial charge in [0.05, 0.1) is 0 Å². The van der Waals surface area contributed by atoms with E-state index in [1.807, 2.05) is 0 Å². The molecule has 0 unspecified atom stereocenters. The first-order valence-electron chi connectivity index (χ1n) is 5.83. The standard InChI is InChI=1S/C12H6F12/c13-9(14,15)7(10(16,17)18)5-3-1-2-4-6(5)8(11(19,20)21)12(22,23)24/h1-4,7-8H. The molecule has 0 aliphatic heterocycles. The molecule has 1 aromatic carbocycles. The predicted octanol–water partition coefficient (Wildman–Crippen LogP) is 6.10. The Labute approximate surface area is 126 Å². The Morgan fingerprint density at radius 2 is 0.667 bits per heavy atom. The molecule has 0 radical (unpaired) electrons. The molecule has 0 saturated heterocycles. The Kier molecular flexibility index (Phi) is 5.13. The lowest BCUT2D eigenvalue weighted by Gasteiger charge is -2.30. The third-order valence-corrected chi connectivity index (χ3v) is 2.93. The molecule has 0 fully saturated rings. The van der Waals surface area contributed by atoms with Gasteiger partial charge in [-0.2, -0.15) is 52.7 Å². The smallest absolute Gasteiger partial charge is 0.170 e. The van der Waals surface area contributed by atoms with Gasteiger partial charge in [0.2, 0.25) is 0 Å². The summed E-state index contributed by atoms with van der Waals surface area (Å²) in [4.78, 5) is 0. The zero-order valence-electron chi connectivity index (χ0n) is 11.0. The summed E-state index contributed by atoms with van der Waals surface area (Å²) in [5.74, 6) is -8.96. The molecule has 0 atom stereocenters. The Bertz CT molecular complexity index is 480. The van der Waals surface area contributed by atoms with E-state index in [-0.39, 0.29) is 12.1 Å². The quantitative estimate of drug-likeness (QED) is 0.546. The van der Waals surface area contributed by atoms with Crippen LogP contribution in [0.5, 0.6) is 0 Å². The van der Waals surface area contributed by atoms with E-state index in [0.29, 0.717) is 12.1 Å². The molecule has 1 aromatic rings. The van der Waals surface area contributed by atoms with Crippen LogP contribution in [0.15, 0.2) is 24.3 Å². The molecule has 0 aliphatic rings. The molecule has 0 spiro atoms. The van der Waals surface area contributed by atoms with E-state index in [0.717, 1.165) is 0 Å². The molecule has 0 aromatic heterocycles. The van der Waals surface area contributed by atoms with Gasteiger partial charge in [0.25, 0.3) is 0 Å². The fourth-order valence-corrected chi connectivity index (χ4v) is 2.11. The van der Waals surface area contributed by atoms with E-state index in [9.17, 15) is 52.7 Å². The van der Waals surface area contributed by atoms with Gasteiger partial charge >= 0.3 is 24.7 Å². The summed E-state index contributed by atoms with van der Waals surface area (Å²) in [6.07, 6.45) is -24.5.